The van der Waals surface area contributed by atoms with Gasteiger partial charge in [0.15, 0.2) is 0 Å². The fraction of sp³-hybridized carbons (Fsp3) is 0.786. The van der Waals surface area contributed by atoms with Crippen LogP contribution in [0.2, 0.25) is 0 Å². The van der Waals surface area contributed by atoms with E-state index in [1.807, 2.05) is 20.8 Å². The molecule has 3 saturated carbocycles. The number of aliphatic hydroxyl groups is 3. The van der Waals surface area contributed by atoms with Crippen molar-refractivity contribution in [1.29, 1.82) is 0 Å². The van der Waals surface area contributed by atoms with E-state index in [1.165, 1.54) is 32.1 Å². The smallest absolute Gasteiger partial charge is 0.0837 e. The van der Waals surface area contributed by atoms with Crippen molar-refractivity contribution in [2.75, 3.05) is 0 Å². The zero-order valence-corrected chi connectivity index (χ0v) is 20.5. The van der Waals surface area contributed by atoms with E-state index in [2.05, 4.69) is 32.6 Å². The van der Waals surface area contributed by atoms with Crippen molar-refractivity contribution in [2.45, 2.75) is 110 Å². The molecular weight excluding hydrogens is 384 g/mol. The Morgan fingerprint density at radius 2 is 1.94 bits per heavy atom. The zero-order chi connectivity index (χ0) is 23.0. The highest BCUT2D eigenvalue weighted by atomic mass is 16.3. The van der Waals surface area contributed by atoms with Gasteiger partial charge in [0.1, 0.15) is 0 Å². The number of aliphatic hydroxyl groups excluding tert-OH is 2. The van der Waals surface area contributed by atoms with E-state index in [-0.39, 0.29) is 5.92 Å². The molecule has 7 atom stereocenters. The van der Waals surface area contributed by atoms with E-state index in [9.17, 15) is 15.3 Å². The van der Waals surface area contributed by atoms with Crippen molar-refractivity contribution in [3.63, 3.8) is 0 Å². The van der Waals surface area contributed by atoms with Crippen molar-refractivity contribution in [3.8, 4) is 0 Å². The van der Waals surface area contributed by atoms with E-state index in [0.717, 1.165) is 36.3 Å². The van der Waals surface area contributed by atoms with Crippen LogP contribution in [0.1, 0.15) is 92.4 Å². The van der Waals surface area contributed by atoms with Crippen LogP contribution in [0.4, 0.5) is 0 Å². The summed E-state index contributed by atoms with van der Waals surface area (Å²) in [7, 11) is 0. The summed E-state index contributed by atoms with van der Waals surface area (Å²) in [5.41, 5.74) is 3.15. The Bertz CT molecular complexity index is 712. The molecule has 0 heterocycles. The highest BCUT2D eigenvalue weighted by molar-refractivity contribution is 5.39. The van der Waals surface area contributed by atoms with E-state index >= 15 is 0 Å². The second-order valence-electron chi connectivity index (χ2n) is 11.8. The van der Waals surface area contributed by atoms with Gasteiger partial charge in [0, 0.05) is 5.92 Å². The Morgan fingerprint density at radius 3 is 2.61 bits per heavy atom. The highest BCUT2D eigenvalue weighted by Crippen LogP contribution is 2.60. The Kier molecular flexibility index (Phi) is 7.61. The van der Waals surface area contributed by atoms with Crippen LogP contribution in [-0.4, -0.2) is 33.1 Å². The summed E-state index contributed by atoms with van der Waals surface area (Å²) in [6, 6.07) is 0. The fourth-order valence-electron chi connectivity index (χ4n) is 6.91. The van der Waals surface area contributed by atoms with E-state index in [4.69, 9.17) is 0 Å². The lowest BCUT2D eigenvalue weighted by molar-refractivity contribution is 0.0283. The van der Waals surface area contributed by atoms with Gasteiger partial charge in [-0.2, -0.15) is 0 Å². The fourth-order valence-corrected chi connectivity index (χ4v) is 6.91. The molecular formula is C28H46O3. The first-order valence-corrected chi connectivity index (χ1v) is 12.6. The summed E-state index contributed by atoms with van der Waals surface area (Å²) in [5, 5.41) is 30.7. The molecule has 0 aliphatic heterocycles. The third-order valence-electron chi connectivity index (χ3n) is 8.97. The lowest BCUT2D eigenvalue weighted by Gasteiger charge is -2.44. The predicted octanol–water partition coefficient (Wildman–Crippen LogP) is 5.95. The maximum Gasteiger partial charge on any atom is 0.0837 e. The number of hydrogen-bond donors (Lipinski definition) is 3. The van der Waals surface area contributed by atoms with Crippen LogP contribution in [0, 0.1) is 29.1 Å². The summed E-state index contributed by atoms with van der Waals surface area (Å²) in [4.78, 5) is 0. The first-order valence-electron chi connectivity index (χ1n) is 12.6. The quantitative estimate of drug-likeness (QED) is 0.488. The molecule has 31 heavy (non-hydrogen) atoms. The van der Waals surface area contributed by atoms with Crippen LogP contribution in [-0.2, 0) is 0 Å². The average molecular weight is 431 g/mol. The van der Waals surface area contributed by atoms with Crippen molar-refractivity contribution >= 4 is 0 Å². The second-order valence-corrected chi connectivity index (χ2v) is 11.8. The highest BCUT2D eigenvalue weighted by Gasteiger charge is 2.50. The Balaban J connectivity index is 1.71. The maximum absolute atomic E-state index is 10.4. The van der Waals surface area contributed by atoms with Gasteiger partial charge in [0.2, 0.25) is 0 Å². The van der Waals surface area contributed by atoms with Gasteiger partial charge in [0.05, 0.1) is 17.8 Å². The Morgan fingerprint density at radius 1 is 1.23 bits per heavy atom. The first-order chi connectivity index (χ1) is 14.4. The van der Waals surface area contributed by atoms with E-state index in [0.29, 0.717) is 23.7 Å². The Hall–Kier alpha value is -0.900. The molecule has 3 fully saturated rings. The first kappa shape index (κ1) is 24.7. The molecule has 0 amide bonds. The largest absolute Gasteiger partial charge is 0.392 e. The van der Waals surface area contributed by atoms with Crippen molar-refractivity contribution in [1.82, 2.24) is 0 Å². The second kappa shape index (κ2) is 9.53. The van der Waals surface area contributed by atoms with Gasteiger partial charge in [-0.1, -0.05) is 57.9 Å². The maximum atomic E-state index is 10.4. The minimum absolute atomic E-state index is 0.149. The van der Waals surface area contributed by atoms with Crippen LogP contribution in [0.15, 0.2) is 35.5 Å². The SMILES string of the molecule is C=C1/C(=C/C=C2\CCC[C@]3(C)[C@@H]([C@@H](C)CCCC(C)(C)O)CC[C@@H]23)C[C@@H](O)C(C)[C@@H]1O. The number of hydrogen-bond acceptors (Lipinski definition) is 3. The number of rotatable bonds is 6. The average Bonchev–Trinajstić information content (AvgIpc) is 3.04. The Labute approximate surface area is 190 Å². The summed E-state index contributed by atoms with van der Waals surface area (Å²) >= 11 is 0. The van der Waals surface area contributed by atoms with E-state index in [1.54, 1.807) is 5.57 Å². The molecule has 3 heteroatoms. The lowest BCUT2D eigenvalue weighted by atomic mass is 9.60. The van der Waals surface area contributed by atoms with Crippen LogP contribution in [0.3, 0.4) is 0 Å². The van der Waals surface area contributed by atoms with E-state index < -0.39 is 17.8 Å². The van der Waals surface area contributed by atoms with Gasteiger partial charge in [-0.15, -0.1) is 0 Å². The van der Waals surface area contributed by atoms with Gasteiger partial charge in [-0.25, -0.2) is 0 Å². The van der Waals surface area contributed by atoms with Crippen molar-refractivity contribution in [2.24, 2.45) is 29.1 Å². The van der Waals surface area contributed by atoms with Crippen LogP contribution in [0.25, 0.3) is 0 Å². The molecule has 3 aliphatic carbocycles. The van der Waals surface area contributed by atoms with Gasteiger partial charge in [-0.05, 0) is 93.1 Å². The van der Waals surface area contributed by atoms with Gasteiger partial charge in [0.25, 0.3) is 0 Å². The standard InChI is InChI=1S/C28H46O3/c1-18(9-7-15-27(4,5)31)23-13-14-24-21(10-8-16-28(23,24)6)11-12-22-17-25(29)20(3)26(30)19(22)2/h11-12,18,20,23-26,29-31H,2,7-10,13-17H2,1,3-6H3/b21-11+,22-12+/t18-,20?,23+,24-,25+,26+,28+/m0/s1. The minimum Gasteiger partial charge on any atom is -0.392 e. The minimum atomic E-state index is -0.648. The molecule has 3 nitrogen and oxygen atoms in total. The third-order valence-corrected chi connectivity index (χ3v) is 8.97. The molecule has 3 N–H and O–H groups in total. The third kappa shape index (κ3) is 5.37. The molecule has 3 rings (SSSR count). The summed E-state index contributed by atoms with van der Waals surface area (Å²) < 4.78 is 0. The predicted molar refractivity (Wildman–Crippen MR) is 129 cm³/mol. The zero-order valence-electron chi connectivity index (χ0n) is 20.5. The normalized spacial score (nSPS) is 40.4. The molecule has 0 aromatic rings. The molecule has 0 bridgehead atoms. The van der Waals surface area contributed by atoms with Crippen molar-refractivity contribution < 1.29 is 15.3 Å². The summed E-state index contributed by atoms with van der Waals surface area (Å²) in [5.74, 6) is 1.94. The molecule has 0 saturated heterocycles. The number of fused-ring (bicyclic) bond motifs is 1. The molecule has 176 valence electrons. The monoisotopic (exact) mass is 430 g/mol. The molecule has 3 aliphatic rings. The molecule has 1 unspecified atom stereocenters. The van der Waals surface area contributed by atoms with Gasteiger partial charge < -0.3 is 15.3 Å². The molecule has 0 aromatic carbocycles. The molecule has 0 spiro atoms. The van der Waals surface area contributed by atoms with Gasteiger partial charge >= 0.3 is 0 Å². The van der Waals surface area contributed by atoms with Gasteiger partial charge in [-0.3, -0.25) is 0 Å². The lowest BCUT2D eigenvalue weighted by Crippen LogP contribution is -2.36. The van der Waals surface area contributed by atoms with Crippen LogP contribution >= 0.6 is 0 Å². The van der Waals surface area contributed by atoms with Crippen LogP contribution in [0.5, 0.6) is 0 Å². The van der Waals surface area contributed by atoms with Crippen LogP contribution < -0.4 is 0 Å². The molecule has 0 radical (unpaired) electrons. The van der Waals surface area contributed by atoms with Crippen molar-refractivity contribution in [3.05, 3.63) is 35.5 Å². The molecule has 0 aromatic heterocycles. The topological polar surface area (TPSA) is 60.7 Å². The summed E-state index contributed by atoms with van der Waals surface area (Å²) in [6.45, 7) is 14.8. The summed E-state index contributed by atoms with van der Waals surface area (Å²) in [6.07, 6.45) is 13.4. The number of allylic oxidation sites excluding steroid dienone is 3.